The first-order valence-electron chi connectivity index (χ1n) is 15.3. The highest BCUT2D eigenvalue weighted by atomic mass is 16.2. The fourth-order valence-electron chi connectivity index (χ4n) is 5.81. The Kier molecular flexibility index (Phi) is 8.25. The lowest BCUT2D eigenvalue weighted by molar-refractivity contribution is -0.136. The van der Waals surface area contributed by atoms with Crippen LogP contribution in [0.5, 0.6) is 0 Å². The molecule has 2 saturated heterocycles. The zero-order chi connectivity index (χ0) is 34.2. The number of carbonyl (C=O) groups excluding carboxylic acids is 5. The zero-order valence-corrected chi connectivity index (χ0v) is 26.2. The van der Waals surface area contributed by atoms with Gasteiger partial charge in [0.25, 0.3) is 17.7 Å². The number of nitriles is 1. The summed E-state index contributed by atoms with van der Waals surface area (Å²) in [5.74, 6) is 3.68. The molecule has 0 spiro atoms. The van der Waals surface area contributed by atoms with Crippen LogP contribution >= 0.6 is 0 Å². The van der Waals surface area contributed by atoms with Crippen molar-refractivity contribution in [1.82, 2.24) is 10.2 Å². The van der Waals surface area contributed by atoms with Crippen molar-refractivity contribution >= 4 is 57.9 Å². The molecule has 240 valence electrons. The Balaban J connectivity index is 1.07. The molecule has 48 heavy (non-hydrogen) atoms. The van der Waals surface area contributed by atoms with Crippen molar-refractivity contribution in [3.8, 4) is 17.9 Å². The Labute approximate surface area is 276 Å². The zero-order valence-electron chi connectivity index (χ0n) is 26.2. The van der Waals surface area contributed by atoms with Crippen LogP contribution in [0.3, 0.4) is 0 Å². The Morgan fingerprint density at radius 3 is 2.48 bits per heavy atom. The maximum Gasteiger partial charge on any atom is 0.262 e. The molecule has 4 N–H and O–H groups in total. The van der Waals surface area contributed by atoms with Crippen molar-refractivity contribution in [3.05, 3.63) is 83.1 Å². The van der Waals surface area contributed by atoms with Gasteiger partial charge >= 0.3 is 0 Å². The number of imide groups is 2. The number of anilines is 2. The van der Waals surface area contributed by atoms with E-state index in [-0.39, 0.29) is 35.8 Å². The van der Waals surface area contributed by atoms with Crippen LogP contribution in [0.1, 0.15) is 53.0 Å². The van der Waals surface area contributed by atoms with Crippen molar-refractivity contribution in [3.63, 3.8) is 0 Å². The minimum atomic E-state index is -1.15. The van der Waals surface area contributed by atoms with Crippen molar-refractivity contribution < 1.29 is 24.0 Å². The Bertz CT molecular complexity index is 2080. The van der Waals surface area contributed by atoms with Crippen LogP contribution in [0.4, 0.5) is 11.4 Å². The van der Waals surface area contributed by atoms with Crippen LogP contribution in [0, 0.1) is 29.1 Å². The number of carbonyl (C=O) groups is 5. The SMILES string of the molecule is CC(C)(N=CC(C#CC1CN(c2ccc3c(c2)C(=O)N(C2CCC(=O)NC2=O)C3=O)C1)=CN)C(=O)Nc1ccc(C#N)c2ccccc12. The summed E-state index contributed by atoms with van der Waals surface area (Å²) in [7, 11) is 0. The summed E-state index contributed by atoms with van der Waals surface area (Å²) in [6.45, 7) is 4.50. The van der Waals surface area contributed by atoms with Gasteiger partial charge in [0, 0.05) is 54.1 Å². The minimum absolute atomic E-state index is 0.000111. The van der Waals surface area contributed by atoms with Gasteiger partial charge in [0.1, 0.15) is 11.6 Å². The number of fused-ring (bicyclic) bond motifs is 2. The first kappa shape index (κ1) is 31.7. The van der Waals surface area contributed by atoms with Gasteiger partial charge in [-0.15, -0.1) is 0 Å². The number of aliphatic imine (C=N–C) groups is 1. The molecule has 1 unspecified atom stereocenters. The van der Waals surface area contributed by atoms with Gasteiger partial charge in [-0.05, 0) is 50.6 Å². The molecular weight excluding hydrogens is 610 g/mol. The molecule has 5 amide bonds. The quantitative estimate of drug-likeness (QED) is 0.209. The topological polar surface area (TPSA) is 178 Å². The maximum atomic E-state index is 13.2. The summed E-state index contributed by atoms with van der Waals surface area (Å²) in [5.41, 5.74) is 7.39. The van der Waals surface area contributed by atoms with E-state index in [1.165, 1.54) is 12.4 Å². The molecule has 3 aliphatic rings. The number of allylic oxidation sites excluding steroid dienone is 1. The molecular formula is C36H31N7O5. The van der Waals surface area contributed by atoms with Crippen LogP contribution in [-0.4, -0.2) is 65.3 Å². The molecule has 3 heterocycles. The third-order valence-electron chi connectivity index (χ3n) is 8.65. The Morgan fingerprint density at radius 2 is 1.77 bits per heavy atom. The van der Waals surface area contributed by atoms with Gasteiger partial charge in [0.15, 0.2) is 0 Å². The van der Waals surface area contributed by atoms with Gasteiger partial charge in [-0.1, -0.05) is 36.1 Å². The number of hydrogen-bond donors (Lipinski definition) is 3. The fraction of sp³-hybridized carbons (Fsp3) is 0.250. The molecule has 3 aliphatic heterocycles. The highest BCUT2D eigenvalue weighted by Gasteiger charge is 2.45. The van der Waals surface area contributed by atoms with Crippen molar-refractivity contribution in [2.24, 2.45) is 16.6 Å². The van der Waals surface area contributed by atoms with Crippen LogP contribution in [0.25, 0.3) is 10.8 Å². The second kappa shape index (κ2) is 12.5. The average molecular weight is 642 g/mol. The number of piperidine rings is 1. The second-order valence-electron chi connectivity index (χ2n) is 12.3. The van der Waals surface area contributed by atoms with Crippen LogP contribution < -0.4 is 21.3 Å². The summed E-state index contributed by atoms with van der Waals surface area (Å²) in [5, 5.41) is 16.0. The van der Waals surface area contributed by atoms with Gasteiger partial charge in [-0.25, -0.2) is 0 Å². The van der Waals surface area contributed by atoms with Crippen molar-refractivity contribution in [1.29, 1.82) is 5.26 Å². The minimum Gasteiger partial charge on any atom is -0.404 e. The predicted octanol–water partition coefficient (Wildman–Crippen LogP) is 2.88. The monoisotopic (exact) mass is 641 g/mol. The maximum absolute atomic E-state index is 13.2. The summed E-state index contributed by atoms with van der Waals surface area (Å²) in [6, 6.07) is 16.9. The molecule has 1 atom stereocenters. The first-order chi connectivity index (χ1) is 23.0. The third kappa shape index (κ3) is 5.87. The van der Waals surface area contributed by atoms with Crippen molar-refractivity contribution in [2.75, 3.05) is 23.3 Å². The van der Waals surface area contributed by atoms with Crippen LogP contribution in [0.15, 0.2) is 71.4 Å². The normalized spacial score (nSPS) is 18.3. The van der Waals surface area contributed by atoms with Crippen LogP contribution in [-0.2, 0) is 14.4 Å². The molecule has 0 saturated carbocycles. The molecule has 0 radical (unpaired) electrons. The van der Waals surface area contributed by atoms with E-state index < -0.39 is 35.2 Å². The standard InChI is InChI=1S/C36H31N7O5/c1-36(2,35(48)40-29-12-9-23(17-38)25-5-3-4-6-26(25)29)39-18-21(16-37)7-8-22-19-42(20-22)24-10-11-27-28(15-24)34(47)43(33(27)46)30-13-14-31(44)41-32(30)45/h3-6,9-12,15-16,18,22,30H,13-14,19-20,37H2,1-2H3,(H,40,48)(H,41,44,45). The lowest BCUT2D eigenvalue weighted by Crippen LogP contribution is -2.54. The number of nitrogens with zero attached hydrogens (tertiary/aromatic N) is 4. The number of nitrogens with two attached hydrogens (primary N) is 1. The largest absolute Gasteiger partial charge is 0.404 e. The highest BCUT2D eigenvalue weighted by molar-refractivity contribution is 6.23. The Morgan fingerprint density at radius 1 is 1.04 bits per heavy atom. The third-order valence-corrected chi connectivity index (χ3v) is 8.65. The lowest BCUT2D eigenvalue weighted by Gasteiger charge is -2.38. The van der Waals surface area contributed by atoms with Crippen LogP contribution in [0.2, 0.25) is 0 Å². The Hall–Kier alpha value is -6.27. The van der Waals surface area contributed by atoms with E-state index in [1.807, 2.05) is 29.2 Å². The van der Waals surface area contributed by atoms with Gasteiger partial charge < -0.3 is 16.0 Å². The smallest absolute Gasteiger partial charge is 0.262 e. The summed E-state index contributed by atoms with van der Waals surface area (Å²) >= 11 is 0. The number of amides is 5. The summed E-state index contributed by atoms with van der Waals surface area (Å²) in [6.07, 6.45) is 2.95. The predicted molar refractivity (Wildman–Crippen MR) is 179 cm³/mol. The summed E-state index contributed by atoms with van der Waals surface area (Å²) in [4.78, 5) is 70.6. The van der Waals surface area contributed by atoms with Crippen molar-refractivity contribution in [2.45, 2.75) is 38.3 Å². The fourth-order valence-corrected chi connectivity index (χ4v) is 5.81. The molecule has 3 aromatic rings. The van der Waals surface area contributed by atoms with Gasteiger partial charge in [0.05, 0.1) is 34.3 Å². The van der Waals surface area contributed by atoms with E-state index in [0.717, 1.165) is 21.4 Å². The molecule has 0 aliphatic carbocycles. The first-order valence-corrected chi connectivity index (χ1v) is 15.3. The van der Waals surface area contributed by atoms with E-state index in [0.29, 0.717) is 29.9 Å². The molecule has 0 bridgehead atoms. The molecule has 12 nitrogen and oxygen atoms in total. The van der Waals surface area contributed by atoms with Gasteiger partial charge in [0.2, 0.25) is 11.8 Å². The molecule has 0 aromatic heterocycles. The molecule has 6 rings (SSSR count). The summed E-state index contributed by atoms with van der Waals surface area (Å²) < 4.78 is 0. The van der Waals surface area contributed by atoms with E-state index in [4.69, 9.17) is 5.73 Å². The highest BCUT2D eigenvalue weighted by Crippen LogP contribution is 2.33. The van der Waals surface area contributed by atoms with E-state index in [1.54, 1.807) is 44.2 Å². The van der Waals surface area contributed by atoms with E-state index in [9.17, 15) is 29.2 Å². The van der Waals surface area contributed by atoms with E-state index >= 15 is 0 Å². The number of hydrogen-bond acceptors (Lipinski definition) is 9. The number of benzene rings is 3. The number of nitrogens with one attached hydrogen (secondary N) is 2. The molecule has 12 heteroatoms. The lowest BCUT2D eigenvalue weighted by atomic mass is 9.98. The second-order valence-corrected chi connectivity index (χ2v) is 12.3. The molecule has 2 fully saturated rings. The van der Waals surface area contributed by atoms with Gasteiger partial charge in [-0.3, -0.25) is 39.2 Å². The van der Waals surface area contributed by atoms with Gasteiger partial charge in [-0.2, -0.15) is 5.26 Å². The number of rotatable bonds is 6. The molecule has 3 aromatic carbocycles. The van der Waals surface area contributed by atoms with E-state index in [2.05, 4.69) is 33.5 Å². The average Bonchev–Trinajstić information content (AvgIpc) is 3.30.